The number of aromatic nitrogens is 1. The van der Waals surface area contributed by atoms with Crippen LogP contribution in [0.25, 0.3) is 0 Å². The molecule has 2 N–H and O–H groups in total. The largest absolute Gasteiger partial charge is 0.354 e. The zero-order valence-corrected chi connectivity index (χ0v) is 16.1. The number of amides is 1. The molecule has 0 saturated heterocycles. The third kappa shape index (κ3) is 4.70. The minimum Gasteiger partial charge on any atom is -0.354 e. The average molecular weight is 366 g/mol. The molecule has 2 aromatic heterocycles. The summed E-state index contributed by atoms with van der Waals surface area (Å²) in [5.74, 6) is 0.500. The number of nitrogens with one attached hydrogen (secondary N) is 2. The fourth-order valence-electron chi connectivity index (χ4n) is 2.70. The van der Waals surface area contributed by atoms with E-state index >= 15 is 0 Å². The molecule has 0 spiro atoms. The SMILES string of the molecule is CC(C)(C)c1ccccc1Nc1ccc(NC(=O)Cc2cccs2)nc1. The molecule has 0 aliphatic rings. The number of rotatable bonds is 5. The van der Waals surface area contributed by atoms with Crippen LogP contribution in [0.4, 0.5) is 17.2 Å². The summed E-state index contributed by atoms with van der Waals surface area (Å²) < 4.78 is 0. The third-order valence-corrected chi connectivity index (χ3v) is 4.84. The molecular formula is C21H23N3OS. The van der Waals surface area contributed by atoms with Gasteiger partial charge in [-0.05, 0) is 40.6 Å². The van der Waals surface area contributed by atoms with Gasteiger partial charge in [-0.2, -0.15) is 0 Å². The van der Waals surface area contributed by atoms with Crippen LogP contribution in [0.15, 0.2) is 60.1 Å². The molecule has 0 aliphatic heterocycles. The quantitative estimate of drug-likeness (QED) is 0.639. The highest BCUT2D eigenvalue weighted by Gasteiger charge is 2.17. The second kappa shape index (κ2) is 7.70. The summed E-state index contributed by atoms with van der Waals surface area (Å²) in [6.07, 6.45) is 2.11. The molecule has 0 unspecified atom stereocenters. The molecule has 0 saturated carbocycles. The van der Waals surface area contributed by atoms with Crippen LogP contribution in [-0.4, -0.2) is 10.9 Å². The maximum absolute atomic E-state index is 12.1. The number of hydrogen-bond donors (Lipinski definition) is 2. The summed E-state index contributed by atoms with van der Waals surface area (Å²) in [5, 5.41) is 8.23. The first-order valence-corrected chi connectivity index (χ1v) is 9.44. The van der Waals surface area contributed by atoms with Crippen LogP contribution >= 0.6 is 11.3 Å². The molecule has 2 heterocycles. The van der Waals surface area contributed by atoms with Crippen molar-refractivity contribution >= 4 is 34.4 Å². The smallest absolute Gasteiger partial charge is 0.230 e. The van der Waals surface area contributed by atoms with Crippen molar-refractivity contribution in [1.82, 2.24) is 4.98 Å². The van der Waals surface area contributed by atoms with Crippen molar-refractivity contribution in [2.75, 3.05) is 10.6 Å². The molecule has 26 heavy (non-hydrogen) atoms. The molecule has 0 aliphatic carbocycles. The first-order valence-electron chi connectivity index (χ1n) is 8.56. The zero-order valence-electron chi connectivity index (χ0n) is 15.2. The number of hydrogen-bond acceptors (Lipinski definition) is 4. The Bertz CT molecular complexity index is 865. The van der Waals surface area contributed by atoms with Crippen molar-refractivity contribution in [2.45, 2.75) is 32.6 Å². The van der Waals surface area contributed by atoms with E-state index < -0.39 is 0 Å². The maximum Gasteiger partial charge on any atom is 0.230 e. The van der Waals surface area contributed by atoms with Gasteiger partial charge in [0, 0.05) is 10.6 Å². The Labute approximate surface area is 158 Å². The summed E-state index contributed by atoms with van der Waals surface area (Å²) >= 11 is 1.58. The van der Waals surface area contributed by atoms with Crippen LogP contribution in [0.3, 0.4) is 0 Å². The molecule has 0 radical (unpaired) electrons. The summed E-state index contributed by atoms with van der Waals surface area (Å²) in [4.78, 5) is 17.4. The van der Waals surface area contributed by atoms with Gasteiger partial charge < -0.3 is 10.6 Å². The monoisotopic (exact) mass is 365 g/mol. The predicted octanol–water partition coefficient (Wildman–Crippen LogP) is 5.37. The van der Waals surface area contributed by atoms with E-state index in [-0.39, 0.29) is 11.3 Å². The maximum atomic E-state index is 12.1. The summed E-state index contributed by atoms with van der Waals surface area (Å²) in [6, 6.07) is 15.9. The van der Waals surface area contributed by atoms with E-state index in [1.54, 1.807) is 17.5 Å². The van der Waals surface area contributed by atoms with Crippen LogP contribution in [-0.2, 0) is 16.6 Å². The molecule has 0 fully saturated rings. The normalized spacial score (nSPS) is 11.2. The van der Waals surface area contributed by atoms with Crippen molar-refractivity contribution in [3.05, 3.63) is 70.5 Å². The number of carbonyl (C=O) groups excluding carboxylic acids is 1. The minimum absolute atomic E-state index is 0.0483. The highest BCUT2D eigenvalue weighted by Crippen LogP contribution is 2.31. The first-order chi connectivity index (χ1) is 12.4. The topological polar surface area (TPSA) is 54.0 Å². The van der Waals surface area contributed by atoms with E-state index in [9.17, 15) is 4.79 Å². The third-order valence-electron chi connectivity index (χ3n) is 3.96. The second-order valence-electron chi connectivity index (χ2n) is 7.16. The van der Waals surface area contributed by atoms with Gasteiger partial charge >= 0.3 is 0 Å². The van der Waals surface area contributed by atoms with Gasteiger partial charge in [-0.3, -0.25) is 4.79 Å². The van der Waals surface area contributed by atoms with Crippen LogP contribution in [0.1, 0.15) is 31.2 Å². The van der Waals surface area contributed by atoms with E-state index in [1.807, 2.05) is 35.7 Å². The standard InChI is InChI=1S/C21H23N3OS/c1-21(2,3)17-8-4-5-9-18(17)23-15-10-11-19(22-14-15)24-20(25)13-16-7-6-12-26-16/h4-12,14,23H,13H2,1-3H3,(H,22,24,25). The Morgan fingerprint density at radius 2 is 1.88 bits per heavy atom. The van der Waals surface area contributed by atoms with E-state index in [1.165, 1.54) is 5.56 Å². The van der Waals surface area contributed by atoms with Crippen molar-refractivity contribution in [2.24, 2.45) is 0 Å². The minimum atomic E-state index is -0.0567. The first kappa shape index (κ1) is 18.1. The van der Waals surface area contributed by atoms with Crippen LogP contribution < -0.4 is 10.6 Å². The molecule has 3 aromatic rings. The van der Waals surface area contributed by atoms with E-state index in [2.05, 4.69) is 54.6 Å². The highest BCUT2D eigenvalue weighted by molar-refractivity contribution is 7.10. The number of carbonyl (C=O) groups is 1. The second-order valence-corrected chi connectivity index (χ2v) is 8.19. The Kier molecular flexibility index (Phi) is 5.38. The number of anilines is 3. The molecule has 134 valence electrons. The molecule has 5 heteroatoms. The van der Waals surface area contributed by atoms with Crippen LogP contribution in [0.5, 0.6) is 0 Å². The molecule has 0 bridgehead atoms. The van der Waals surface area contributed by atoms with E-state index in [4.69, 9.17) is 0 Å². The number of nitrogens with zero attached hydrogens (tertiary/aromatic N) is 1. The molecule has 4 nitrogen and oxygen atoms in total. The van der Waals surface area contributed by atoms with Gasteiger partial charge in [0.2, 0.25) is 5.91 Å². The van der Waals surface area contributed by atoms with Crippen LogP contribution in [0, 0.1) is 0 Å². The lowest BCUT2D eigenvalue weighted by Crippen LogP contribution is -2.15. The van der Waals surface area contributed by atoms with Gasteiger partial charge in [-0.25, -0.2) is 4.98 Å². The zero-order chi connectivity index (χ0) is 18.6. The van der Waals surface area contributed by atoms with E-state index in [0.29, 0.717) is 12.2 Å². The van der Waals surface area contributed by atoms with E-state index in [0.717, 1.165) is 16.3 Å². The lowest BCUT2D eigenvalue weighted by atomic mass is 9.86. The molecule has 0 atom stereocenters. The lowest BCUT2D eigenvalue weighted by Gasteiger charge is -2.23. The van der Waals surface area contributed by atoms with Gasteiger partial charge in [0.25, 0.3) is 0 Å². The van der Waals surface area contributed by atoms with Gasteiger partial charge in [0.05, 0.1) is 18.3 Å². The lowest BCUT2D eigenvalue weighted by molar-refractivity contribution is -0.115. The van der Waals surface area contributed by atoms with Crippen molar-refractivity contribution in [3.63, 3.8) is 0 Å². The van der Waals surface area contributed by atoms with Gasteiger partial charge in [-0.1, -0.05) is 45.0 Å². The van der Waals surface area contributed by atoms with Gasteiger partial charge in [-0.15, -0.1) is 11.3 Å². The number of benzene rings is 1. The number of thiophene rings is 1. The molecule has 1 aromatic carbocycles. The molecule has 3 rings (SSSR count). The Morgan fingerprint density at radius 3 is 2.54 bits per heavy atom. The Morgan fingerprint density at radius 1 is 1.08 bits per heavy atom. The summed E-state index contributed by atoms with van der Waals surface area (Å²) in [5.41, 5.74) is 3.25. The van der Waals surface area contributed by atoms with Gasteiger partial charge in [0.1, 0.15) is 5.82 Å². The number of pyridine rings is 1. The number of para-hydroxylation sites is 1. The van der Waals surface area contributed by atoms with Crippen LogP contribution in [0.2, 0.25) is 0 Å². The molecule has 1 amide bonds. The summed E-state index contributed by atoms with van der Waals surface area (Å²) in [7, 11) is 0. The highest BCUT2D eigenvalue weighted by atomic mass is 32.1. The predicted molar refractivity (Wildman–Crippen MR) is 109 cm³/mol. The van der Waals surface area contributed by atoms with Crippen molar-refractivity contribution in [3.8, 4) is 0 Å². The fourth-order valence-corrected chi connectivity index (χ4v) is 3.41. The van der Waals surface area contributed by atoms with Gasteiger partial charge in [0.15, 0.2) is 0 Å². The molecular weight excluding hydrogens is 342 g/mol. The Balaban J connectivity index is 1.66. The summed E-state index contributed by atoms with van der Waals surface area (Å²) in [6.45, 7) is 6.58. The Hall–Kier alpha value is -2.66. The van der Waals surface area contributed by atoms with Crippen molar-refractivity contribution < 1.29 is 4.79 Å². The van der Waals surface area contributed by atoms with Crippen molar-refractivity contribution in [1.29, 1.82) is 0 Å². The average Bonchev–Trinajstić information content (AvgIpc) is 3.09. The fraction of sp³-hybridized carbons (Fsp3) is 0.238.